The molecule has 17 heavy (non-hydrogen) atoms. The van der Waals surface area contributed by atoms with Crippen molar-refractivity contribution in [2.75, 3.05) is 0 Å². The summed E-state index contributed by atoms with van der Waals surface area (Å²) in [6.07, 6.45) is 7.03. The van der Waals surface area contributed by atoms with Gasteiger partial charge in [-0.05, 0) is 5.92 Å². The number of ketones is 1. The molecule has 0 saturated carbocycles. The zero-order valence-corrected chi connectivity index (χ0v) is 11.1. The SMILES string of the molecule is CCCCCCC(C)CC(=O)c1ccccc1. The first-order valence-electron chi connectivity index (χ1n) is 6.82. The largest absolute Gasteiger partial charge is 0.294 e. The Morgan fingerprint density at radius 2 is 1.82 bits per heavy atom. The normalized spacial score (nSPS) is 12.4. The fraction of sp³-hybridized carbons (Fsp3) is 0.562. The van der Waals surface area contributed by atoms with Crippen molar-refractivity contribution in [3.63, 3.8) is 0 Å². The Morgan fingerprint density at radius 1 is 1.12 bits per heavy atom. The first-order valence-corrected chi connectivity index (χ1v) is 6.82. The van der Waals surface area contributed by atoms with E-state index in [9.17, 15) is 4.79 Å². The fourth-order valence-electron chi connectivity index (χ4n) is 2.08. The van der Waals surface area contributed by atoms with E-state index in [0.29, 0.717) is 12.3 Å². The van der Waals surface area contributed by atoms with E-state index < -0.39 is 0 Å². The molecule has 1 rings (SSSR count). The van der Waals surface area contributed by atoms with E-state index in [2.05, 4.69) is 13.8 Å². The lowest BCUT2D eigenvalue weighted by Gasteiger charge is -2.10. The summed E-state index contributed by atoms with van der Waals surface area (Å²) in [5.74, 6) is 0.799. The predicted octanol–water partition coefficient (Wildman–Crippen LogP) is 4.87. The molecule has 1 heteroatoms. The first-order chi connectivity index (χ1) is 8.24. The highest BCUT2D eigenvalue weighted by Crippen LogP contribution is 2.16. The summed E-state index contributed by atoms with van der Waals surface area (Å²) < 4.78 is 0. The van der Waals surface area contributed by atoms with Crippen LogP contribution in [0.1, 0.15) is 62.7 Å². The van der Waals surface area contributed by atoms with Crippen molar-refractivity contribution in [1.82, 2.24) is 0 Å². The third kappa shape index (κ3) is 5.67. The molecule has 0 amide bonds. The number of carbonyl (C=O) groups is 1. The van der Waals surface area contributed by atoms with Crippen LogP contribution in [0.3, 0.4) is 0 Å². The van der Waals surface area contributed by atoms with E-state index in [1.165, 1.54) is 32.1 Å². The third-order valence-electron chi connectivity index (χ3n) is 3.18. The van der Waals surface area contributed by atoms with Crippen molar-refractivity contribution in [2.24, 2.45) is 5.92 Å². The molecule has 0 heterocycles. The molecule has 0 radical (unpaired) electrons. The summed E-state index contributed by atoms with van der Waals surface area (Å²) in [6.45, 7) is 4.41. The summed E-state index contributed by atoms with van der Waals surface area (Å²) in [5.41, 5.74) is 0.855. The molecular weight excluding hydrogens is 208 g/mol. The number of rotatable bonds is 8. The van der Waals surface area contributed by atoms with Gasteiger partial charge in [-0.25, -0.2) is 0 Å². The summed E-state index contributed by atoms with van der Waals surface area (Å²) in [4.78, 5) is 11.9. The molecule has 1 nitrogen and oxygen atoms in total. The molecular formula is C16H24O. The second-order valence-corrected chi connectivity index (χ2v) is 4.95. The Hall–Kier alpha value is -1.11. The molecule has 0 spiro atoms. The smallest absolute Gasteiger partial charge is 0.163 e. The number of Topliss-reactive ketones (excluding diaryl/α,β-unsaturated/α-hetero) is 1. The van der Waals surface area contributed by atoms with Crippen molar-refractivity contribution in [2.45, 2.75) is 52.4 Å². The van der Waals surface area contributed by atoms with Gasteiger partial charge in [0.15, 0.2) is 5.78 Å². The molecule has 0 aliphatic heterocycles. The second kappa shape index (κ2) is 8.05. The number of hydrogen-bond donors (Lipinski definition) is 0. The van der Waals surface area contributed by atoms with Gasteiger partial charge in [-0.1, -0.05) is 76.3 Å². The Kier molecular flexibility index (Phi) is 6.61. The van der Waals surface area contributed by atoms with Gasteiger partial charge in [0.05, 0.1) is 0 Å². The van der Waals surface area contributed by atoms with E-state index in [-0.39, 0.29) is 5.78 Å². The van der Waals surface area contributed by atoms with Crippen molar-refractivity contribution in [3.8, 4) is 0 Å². The maximum absolute atomic E-state index is 11.9. The highest BCUT2D eigenvalue weighted by atomic mass is 16.1. The zero-order valence-electron chi connectivity index (χ0n) is 11.1. The molecule has 0 aliphatic rings. The molecule has 0 fully saturated rings. The van der Waals surface area contributed by atoms with Gasteiger partial charge in [-0.2, -0.15) is 0 Å². The van der Waals surface area contributed by atoms with Crippen LogP contribution in [0.5, 0.6) is 0 Å². The number of carbonyl (C=O) groups excluding carboxylic acids is 1. The van der Waals surface area contributed by atoms with Gasteiger partial charge >= 0.3 is 0 Å². The molecule has 0 aromatic heterocycles. The fourth-order valence-corrected chi connectivity index (χ4v) is 2.08. The standard InChI is InChI=1S/C16H24O/c1-3-4-5-7-10-14(2)13-16(17)15-11-8-6-9-12-15/h6,8-9,11-12,14H,3-5,7,10,13H2,1-2H3. The van der Waals surface area contributed by atoms with E-state index in [1.54, 1.807) is 0 Å². The lowest BCUT2D eigenvalue weighted by molar-refractivity contribution is 0.0962. The molecule has 94 valence electrons. The molecule has 0 N–H and O–H groups in total. The monoisotopic (exact) mass is 232 g/mol. The van der Waals surface area contributed by atoms with E-state index in [1.807, 2.05) is 30.3 Å². The van der Waals surface area contributed by atoms with Crippen LogP contribution in [0.4, 0.5) is 0 Å². The average Bonchev–Trinajstić information content (AvgIpc) is 2.36. The summed E-state index contributed by atoms with van der Waals surface area (Å²) in [7, 11) is 0. The van der Waals surface area contributed by atoms with Crippen molar-refractivity contribution < 1.29 is 4.79 Å². The second-order valence-electron chi connectivity index (χ2n) is 4.95. The summed E-state index contributed by atoms with van der Waals surface area (Å²) >= 11 is 0. The minimum Gasteiger partial charge on any atom is -0.294 e. The molecule has 0 bridgehead atoms. The number of benzene rings is 1. The maximum Gasteiger partial charge on any atom is 0.163 e. The van der Waals surface area contributed by atoms with Crippen LogP contribution in [0.25, 0.3) is 0 Å². The van der Waals surface area contributed by atoms with Crippen molar-refractivity contribution in [3.05, 3.63) is 35.9 Å². The molecule has 0 aliphatic carbocycles. The Morgan fingerprint density at radius 3 is 2.47 bits per heavy atom. The summed E-state index contributed by atoms with van der Waals surface area (Å²) in [5, 5.41) is 0. The predicted molar refractivity (Wildman–Crippen MR) is 73.3 cm³/mol. The van der Waals surface area contributed by atoms with Gasteiger partial charge in [0, 0.05) is 12.0 Å². The first kappa shape index (κ1) is 14.0. The Bertz CT molecular complexity index is 316. The molecule has 1 aromatic rings. The highest BCUT2D eigenvalue weighted by molar-refractivity contribution is 5.96. The maximum atomic E-state index is 11.9. The van der Waals surface area contributed by atoms with Crippen molar-refractivity contribution >= 4 is 5.78 Å². The van der Waals surface area contributed by atoms with Gasteiger partial charge in [-0.15, -0.1) is 0 Å². The van der Waals surface area contributed by atoms with E-state index in [4.69, 9.17) is 0 Å². The van der Waals surface area contributed by atoms with Gasteiger partial charge in [0.2, 0.25) is 0 Å². The van der Waals surface area contributed by atoms with Crippen molar-refractivity contribution in [1.29, 1.82) is 0 Å². The van der Waals surface area contributed by atoms with E-state index in [0.717, 1.165) is 5.56 Å². The van der Waals surface area contributed by atoms with Crippen LogP contribution in [0.15, 0.2) is 30.3 Å². The van der Waals surface area contributed by atoms with Gasteiger partial charge in [0.25, 0.3) is 0 Å². The lowest BCUT2D eigenvalue weighted by Crippen LogP contribution is -2.06. The molecule has 1 unspecified atom stereocenters. The van der Waals surface area contributed by atoms with Crippen LogP contribution in [0.2, 0.25) is 0 Å². The lowest BCUT2D eigenvalue weighted by atomic mass is 9.95. The van der Waals surface area contributed by atoms with Crippen LogP contribution in [0, 0.1) is 5.92 Å². The zero-order chi connectivity index (χ0) is 12.5. The summed E-state index contributed by atoms with van der Waals surface area (Å²) in [6, 6.07) is 9.63. The molecule has 0 saturated heterocycles. The Labute approximate surface area is 105 Å². The average molecular weight is 232 g/mol. The van der Waals surface area contributed by atoms with Crippen LogP contribution >= 0.6 is 0 Å². The van der Waals surface area contributed by atoms with E-state index >= 15 is 0 Å². The minimum atomic E-state index is 0.286. The van der Waals surface area contributed by atoms with Crippen LogP contribution < -0.4 is 0 Å². The number of hydrogen-bond acceptors (Lipinski definition) is 1. The Balaban J connectivity index is 2.26. The van der Waals surface area contributed by atoms with Gasteiger partial charge < -0.3 is 0 Å². The quantitative estimate of drug-likeness (QED) is 0.462. The highest BCUT2D eigenvalue weighted by Gasteiger charge is 2.10. The molecule has 1 aromatic carbocycles. The van der Waals surface area contributed by atoms with Crippen LogP contribution in [-0.4, -0.2) is 5.78 Å². The molecule has 1 atom stereocenters. The van der Waals surface area contributed by atoms with Gasteiger partial charge in [0.1, 0.15) is 0 Å². The minimum absolute atomic E-state index is 0.286. The van der Waals surface area contributed by atoms with Gasteiger partial charge in [-0.3, -0.25) is 4.79 Å². The van der Waals surface area contributed by atoms with Crippen LogP contribution in [-0.2, 0) is 0 Å². The topological polar surface area (TPSA) is 17.1 Å². The number of unbranched alkanes of at least 4 members (excludes halogenated alkanes) is 3. The third-order valence-corrected chi connectivity index (χ3v) is 3.18.